The van der Waals surface area contributed by atoms with E-state index in [1.54, 1.807) is 18.2 Å². The number of allylic oxidation sites excluding steroid dienone is 1. The van der Waals surface area contributed by atoms with Crippen molar-refractivity contribution in [2.24, 2.45) is 0 Å². The summed E-state index contributed by atoms with van der Waals surface area (Å²) in [6.07, 6.45) is 5.40. The number of hydrogen-bond donors (Lipinski definition) is 0. The van der Waals surface area contributed by atoms with Crippen LogP contribution < -0.4 is 4.74 Å². The van der Waals surface area contributed by atoms with Crippen LogP contribution in [-0.4, -0.2) is 11.5 Å². The van der Waals surface area contributed by atoms with E-state index in [1.165, 1.54) is 18.2 Å². The molecule has 6 nitrogen and oxygen atoms in total. The molecule has 1 aromatic rings. The van der Waals surface area contributed by atoms with Gasteiger partial charge in [-0.25, -0.2) is 0 Å². The van der Waals surface area contributed by atoms with Gasteiger partial charge in [-0.15, -0.1) is 0 Å². The first-order valence-corrected chi connectivity index (χ1v) is 7.05. The minimum Gasteiger partial charge on any atom is -0.487 e. The highest BCUT2D eigenvalue weighted by molar-refractivity contribution is 5.65. The SMILES string of the molecule is CCCCCCOc1ccc(C=C(C#N)C#N)cc1[N+](=O)[O-]. The maximum Gasteiger partial charge on any atom is 0.311 e. The summed E-state index contributed by atoms with van der Waals surface area (Å²) >= 11 is 0. The second-order valence-corrected chi connectivity index (χ2v) is 4.68. The zero-order valence-corrected chi connectivity index (χ0v) is 12.4. The molecule has 0 fully saturated rings. The van der Waals surface area contributed by atoms with Crippen LogP contribution in [0.4, 0.5) is 5.69 Å². The third kappa shape index (κ3) is 5.26. The first-order chi connectivity index (χ1) is 10.6. The molecule has 0 aliphatic rings. The van der Waals surface area contributed by atoms with Gasteiger partial charge in [0.1, 0.15) is 17.7 Å². The molecule has 22 heavy (non-hydrogen) atoms. The van der Waals surface area contributed by atoms with Crippen molar-refractivity contribution in [1.29, 1.82) is 10.5 Å². The van der Waals surface area contributed by atoms with E-state index in [0.717, 1.165) is 25.7 Å². The standard InChI is InChI=1S/C16H17N3O3/c1-2-3-4-5-8-22-16-7-6-13(9-14(11-17)12-18)10-15(16)19(20)21/h6-7,9-10H,2-5,8H2,1H3. The molecular weight excluding hydrogens is 282 g/mol. The van der Waals surface area contributed by atoms with E-state index in [2.05, 4.69) is 6.92 Å². The molecule has 0 spiro atoms. The Morgan fingerprint density at radius 3 is 2.64 bits per heavy atom. The van der Waals surface area contributed by atoms with Gasteiger partial charge >= 0.3 is 5.69 Å². The summed E-state index contributed by atoms with van der Waals surface area (Å²) < 4.78 is 5.47. The highest BCUT2D eigenvalue weighted by Crippen LogP contribution is 2.29. The van der Waals surface area contributed by atoms with Crippen LogP contribution in [0.1, 0.15) is 38.2 Å². The second-order valence-electron chi connectivity index (χ2n) is 4.68. The first kappa shape index (κ1) is 17.2. The topological polar surface area (TPSA) is 99.9 Å². The van der Waals surface area contributed by atoms with Crippen molar-refractivity contribution in [2.75, 3.05) is 6.61 Å². The molecule has 0 aliphatic carbocycles. The fourth-order valence-electron chi connectivity index (χ4n) is 1.86. The molecule has 6 heteroatoms. The number of nitro groups is 1. The molecule has 1 aromatic carbocycles. The van der Waals surface area contributed by atoms with Crippen LogP contribution in [-0.2, 0) is 0 Å². The van der Waals surface area contributed by atoms with Crippen molar-refractivity contribution in [3.05, 3.63) is 39.4 Å². The van der Waals surface area contributed by atoms with Crippen molar-refractivity contribution >= 4 is 11.8 Å². The van der Waals surface area contributed by atoms with Gasteiger partial charge < -0.3 is 4.74 Å². The summed E-state index contributed by atoms with van der Waals surface area (Å²) in [7, 11) is 0. The number of rotatable bonds is 8. The zero-order valence-electron chi connectivity index (χ0n) is 12.4. The molecule has 0 bridgehead atoms. The highest BCUT2D eigenvalue weighted by atomic mass is 16.6. The number of nitriles is 2. The Bertz CT molecular complexity index is 623. The van der Waals surface area contributed by atoms with Crippen LogP contribution in [0.15, 0.2) is 23.8 Å². The fraction of sp³-hybridized carbons (Fsp3) is 0.375. The molecule has 0 aromatic heterocycles. The number of nitrogens with zero attached hydrogens (tertiary/aromatic N) is 3. The molecule has 0 saturated heterocycles. The lowest BCUT2D eigenvalue weighted by molar-refractivity contribution is -0.385. The van der Waals surface area contributed by atoms with Crippen molar-refractivity contribution in [3.8, 4) is 17.9 Å². The van der Waals surface area contributed by atoms with Gasteiger partial charge in [-0.1, -0.05) is 32.3 Å². The van der Waals surface area contributed by atoms with E-state index >= 15 is 0 Å². The lowest BCUT2D eigenvalue weighted by Gasteiger charge is -2.07. The Labute approximate surface area is 129 Å². The quantitative estimate of drug-likeness (QED) is 0.313. The van der Waals surface area contributed by atoms with Crippen LogP contribution >= 0.6 is 0 Å². The summed E-state index contributed by atoms with van der Waals surface area (Å²) in [5.41, 5.74) is 0.144. The van der Waals surface area contributed by atoms with Gasteiger partial charge in [0.2, 0.25) is 0 Å². The van der Waals surface area contributed by atoms with Crippen LogP contribution in [0.2, 0.25) is 0 Å². The Hall–Kier alpha value is -2.86. The van der Waals surface area contributed by atoms with Crippen molar-refractivity contribution < 1.29 is 9.66 Å². The van der Waals surface area contributed by atoms with E-state index < -0.39 is 4.92 Å². The van der Waals surface area contributed by atoms with Crippen molar-refractivity contribution in [2.45, 2.75) is 32.6 Å². The molecule has 0 amide bonds. The van der Waals surface area contributed by atoms with E-state index in [4.69, 9.17) is 15.3 Å². The molecule has 0 atom stereocenters. The fourth-order valence-corrected chi connectivity index (χ4v) is 1.86. The lowest BCUT2D eigenvalue weighted by Crippen LogP contribution is -2.01. The van der Waals surface area contributed by atoms with Gasteiger partial charge in [-0.3, -0.25) is 10.1 Å². The smallest absolute Gasteiger partial charge is 0.311 e. The molecular formula is C16H17N3O3. The molecule has 0 heterocycles. The maximum absolute atomic E-state index is 11.1. The normalized spacial score (nSPS) is 9.41. The van der Waals surface area contributed by atoms with Crippen molar-refractivity contribution in [3.63, 3.8) is 0 Å². The predicted octanol–water partition coefficient (Wildman–Crippen LogP) is 3.98. The maximum atomic E-state index is 11.1. The van der Waals surface area contributed by atoms with Gasteiger partial charge in [0.25, 0.3) is 0 Å². The first-order valence-electron chi connectivity index (χ1n) is 7.05. The summed E-state index contributed by atoms with van der Waals surface area (Å²) in [5.74, 6) is 0.203. The van der Waals surface area contributed by atoms with Crippen molar-refractivity contribution in [1.82, 2.24) is 0 Å². The largest absolute Gasteiger partial charge is 0.487 e. The third-order valence-corrected chi connectivity index (χ3v) is 2.99. The molecule has 1 rings (SSSR count). The predicted molar refractivity (Wildman–Crippen MR) is 81.9 cm³/mol. The van der Waals surface area contributed by atoms with Gasteiger partial charge in [0, 0.05) is 6.07 Å². The van der Waals surface area contributed by atoms with Crippen LogP contribution in [0.5, 0.6) is 5.75 Å². The molecule has 0 saturated carbocycles. The van der Waals surface area contributed by atoms with Gasteiger partial charge in [0.15, 0.2) is 5.75 Å². The number of ether oxygens (including phenoxy) is 1. The van der Waals surface area contributed by atoms with Crippen LogP contribution in [0.3, 0.4) is 0 Å². The number of hydrogen-bond acceptors (Lipinski definition) is 5. The monoisotopic (exact) mass is 299 g/mol. The lowest BCUT2D eigenvalue weighted by atomic mass is 10.1. The second kappa shape index (κ2) is 9.15. The number of benzene rings is 1. The summed E-state index contributed by atoms with van der Waals surface area (Å²) in [6.45, 7) is 2.53. The Morgan fingerprint density at radius 1 is 1.32 bits per heavy atom. The Balaban J connectivity index is 2.88. The average Bonchev–Trinajstić information content (AvgIpc) is 2.53. The van der Waals surface area contributed by atoms with Crippen LogP contribution in [0, 0.1) is 32.8 Å². The highest BCUT2D eigenvalue weighted by Gasteiger charge is 2.15. The molecule has 0 N–H and O–H groups in total. The molecule has 114 valence electrons. The minimum atomic E-state index is -0.531. The van der Waals surface area contributed by atoms with E-state index in [-0.39, 0.29) is 17.0 Å². The summed E-state index contributed by atoms with van der Waals surface area (Å²) in [5, 5.41) is 28.5. The minimum absolute atomic E-state index is 0.109. The van der Waals surface area contributed by atoms with Gasteiger partial charge in [-0.05, 0) is 24.1 Å². The number of nitro benzene ring substituents is 1. The van der Waals surface area contributed by atoms with Gasteiger partial charge in [0.05, 0.1) is 11.5 Å². The van der Waals surface area contributed by atoms with E-state index in [1.807, 2.05) is 0 Å². The molecule has 0 radical (unpaired) electrons. The third-order valence-electron chi connectivity index (χ3n) is 2.99. The zero-order chi connectivity index (χ0) is 16.4. The summed E-state index contributed by atoms with van der Waals surface area (Å²) in [4.78, 5) is 10.6. The Kier molecular flexibility index (Phi) is 7.15. The summed E-state index contributed by atoms with van der Waals surface area (Å²) in [6, 6.07) is 7.82. The number of unbranched alkanes of at least 4 members (excludes halogenated alkanes) is 3. The molecule has 0 unspecified atom stereocenters. The van der Waals surface area contributed by atoms with E-state index in [9.17, 15) is 10.1 Å². The van der Waals surface area contributed by atoms with E-state index in [0.29, 0.717) is 12.2 Å². The van der Waals surface area contributed by atoms with Crippen LogP contribution in [0.25, 0.3) is 6.08 Å². The van der Waals surface area contributed by atoms with Gasteiger partial charge in [-0.2, -0.15) is 10.5 Å². The molecule has 0 aliphatic heterocycles. The Morgan fingerprint density at radius 2 is 2.05 bits per heavy atom. The average molecular weight is 299 g/mol.